The van der Waals surface area contributed by atoms with Crippen molar-refractivity contribution < 1.29 is 9.53 Å². The number of ketones is 1. The fourth-order valence-electron chi connectivity index (χ4n) is 2.57. The maximum Gasteiger partial charge on any atom is 0.152 e. The fourth-order valence-corrected chi connectivity index (χ4v) is 2.57. The van der Waals surface area contributed by atoms with Crippen LogP contribution in [-0.4, -0.2) is 30.6 Å². The summed E-state index contributed by atoms with van der Waals surface area (Å²) in [5, 5.41) is 3.32. The van der Waals surface area contributed by atoms with E-state index in [-0.39, 0.29) is 5.54 Å². The molecule has 15 heavy (non-hydrogen) atoms. The van der Waals surface area contributed by atoms with Crippen LogP contribution < -0.4 is 5.32 Å². The second-order valence-corrected chi connectivity index (χ2v) is 4.96. The van der Waals surface area contributed by atoms with Gasteiger partial charge in [-0.15, -0.1) is 0 Å². The van der Waals surface area contributed by atoms with Gasteiger partial charge in [0.05, 0.1) is 11.6 Å². The number of carbonyl (C=O) groups excluding carboxylic acids is 1. The second kappa shape index (κ2) is 4.62. The number of carbonyl (C=O) groups is 1. The van der Waals surface area contributed by atoms with Crippen LogP contribution in [-0.2, 0) is 9.53 Å². The molecule has 0 aromatic heterocycles. The van der Waals surface area contributed by atoms with Gasteiger partial charge in [0.15, 0.2) is 5.78 Å². The number of hydrogen-bond donors (Lipinski definition) is 1. The highest BCUT2D eigenvalue weighted by Gasteiger charge is 2.35. The molecule has 2 aliphatic rings. The molecule has 3 heteroatoms. The zero-order valence-electron chi connectivity index (χ0n) is 9.55. The molecule has 2 heterocycles. The molecule has 0 spiro atoms. The summed E-state index contributed by atoms with van der Waals surface area (Å²) in [4.78, 5) is 12.0. The number of Topliss-reactive ketones (excluding diaryl/α,β-unsaturated/α-hetero) is 1. The van der Waals surface area contributed by atoms with Crippen LogP contribution in [0.4, 0.5) is 0 Å². The third-order valence-corrected chi connectivity index (χ3v) is 3.70. The molecule has 1 N–H and O–H groups in total. The molecular formula is C12H21NO2. The van der Waals surface area contributed by atoms with Crippen LogP contribution in [0.25, 0.3) is 0 Å². The van der Waals surface area contributed by atoms with Gasteiger partial charge in [-0.25, -0.2) is 0 Å². The van der Waals surface area contributed by atoms with Gasteiger partial charge >= 0.3 is 0 Å². The van der Waals surface area contributed by atoms with E-state index in [1.165, 1.54) is 0 Å². The van der Waals surface area contributed by atoms with Gasteiger partial charge in [0, 0.05) is 13.0 Å². The maximum atomic E-state index is 12.0. The molecule has 0 saturated carbocycles. The summed E-state index contributed by atoms with van der Waals surface area (Å²) >= 11 is 0. The highest BCUT2D eigenvalue weighted by molar-refractivity contribution is 5.88. The maximum absolute atomic E-state index is 12.0. The van der Waals surface area contributed by atoms with Crippen LogP contribution in [0.1, 0.15) is 45.4 Å². The lowest BCUT2D eigenvalue weighted by Crippen LogP contribution is -2.44. The first-order valence-electron chi connectivity index (χ1n) is 6.11. The third-order valence-electron chi connectivity index (χ3n) is 3.70. The zero-order chi connectivity index (χ0) is 10.7. The summed E-state index contributed by atoms with van der Waals surface area (Å²) in [6, 6.07) is 0. The van der Waals surface area contributed by atoms with Crippen molar-refractivity contribution in [3.05, 3.63) is 0 Å². The van der Waals surface area contributed by atoms with Crippen molar-refractivity contribution in [2.24, 2.45) is 0 Å². The Kier molecular flexibility index (Phi) is 3.42. The van der Waals surface area contributed by atoms with Crippen molar-refractivity contribution in [1.29, 1.82) is 0 Å². The van der Waals surface area contributed by atoms with Gasteiger partial charge in [0.2, 0.25) is 0 Å². The summed E-state index contributed by atoms with van der Waals surface area (Å²) in [5.41, 5.74) is -0.237. The van der Waals surface area contributed by atoms with Crippen LogP contribution in [0.5, 0.6) is 0 Å². The first-order valence-corrected chi connectivity index (χ1v) is 6.11. The van der Waals surface area contributed by atoms with E-state index in [0.29, 0.717) is 18.3 Å². The van der Waals surface area contributed by atoms with Crippen LogP contribution >= 0.6 is 0 Å². The van der Waals surface area contributed by atoms with Gasteiger partial charge in [-0.2, -0.15) is 0 Å². The Balaban J connectivity index is 1.76. The lowest BCUT2D eigenvalue weighted by Gasteiger charge is -2.23. The van der Waals surface area contributed by atoms with Gasteiger partial charge in [-0.05, 0) is 45.6 Å². The summed E-state index contributed by atoms with van der Waals surface area (Å²) in [5.74, 6) is 0.371. The second-order valence-electron chi connectivity index (χ2n) is 4.96. The minimum absolute atomic E-state index is 0.237. The Morgan fingerprint density at radius 1 is 1.53 bits per heavy atom. The fraction of sp³-hybridized carbons (Fsp3) is 0.917. The molecule has 0 aromatic rings. The van der Waals surface area contributed by atoms with Gasteiger partial charge in [-0.1, -0.05) is 0 Å². The first-order chi connectivity index (χ1) is 7.21. The minimum Gasteiger partial charge on any atom is -0.378 e. The van der Waals surface area contributed by atoms with Crippen LogP contribution in [0.2, 0.25) is 0 Å². The van der Waals surface area contributed by atoms with E-state index in [9.17, 15) is 4.79 Å². The molecule has 0 bridgehead atoms. The van der Waals surface area contributed by atoms with Gasteiger partial charge < -0.3 is 10.1 Å². The molecule has 2 aliphatic heterocycles. The predicted octanol–water partition coefficient (Wildman–Crippen LogP) is 1.66. The zero-order valence-corrected chi connectivity index (χ0v) is 9.55. The monoisotopic (exact) mass is 211 g/mol. The molecule has 3 nitrogen and oxygen atoms in total. The molecule has 2 rings (SSSR count). The van der Waals surface area contributed by atoms with E-state index >= 15 is 0 Å². The molecule has 0 aromatic carbocycles. The van der Waals surface area contributed by atoms with E-state index in [1.807, 2.05) is 6.92 Å². The first kappa shape index (κ1) is 11.1. The SMILES string of the molecule is CC1(C(=O)CCC2CCCO2)CCCN1. The summed E-state index contributed by atoms with van der Waals surface area (Å²) in [6.45, 7) is 3.91. The molecule has 0 radical (unpaired) electrons. The van der Waals surface area contributed by atoms with Crippen molar-refractivity contribution in [1.82, 2.24) is 5.32 Å². The molecule has 0 amide bonds. The molecule has 2 saturated heterocycles. The molecule has 0 aliphatic carbocycles. The number of ether oxygens (including phenoxy) is 1. The quantitative estimate of drug-likeness (QED) is 0.768. The Morgan fingerprint density at radius 2 is 2.40 bits per heavy atom. The van der Waals surface area contributed by atoms with Crippen LogP contribution in [0, 0.1) is 0 Å². The van der Waals surface area contributed by atoms with Crippen molar-refractivity contribution in [3.63, 3.8) is 0 Å². The normalized spacial score (nSPS) is 35.9. The third kappa shape index (κ3) is 2.58. The predicted molar refractivity (Wildman–Crippen MR) is 58.9 cm³/mol. The molecule has 2 unspecified atom stereocenters. The molecule has 2 fully saturated rings. The molecule has 2 atom stereocenters. The van der Waals surface area contributed by atoms with E-state index in [1.54, 1.807) is 0 Å². The summed E-state index contributed by atoms with van der Waals surface area (Å²) in [7, 11) is 0. The summed E-state index contributed by atoms with van der Waals surface area (Å²) < 4.78 is 5.53. The van der Waals surface area contributed by atoms with E-state index in [4.69, 9.17) is 4.74 Å². The topological polar surface area (TPSA) is 38.3 Å². The van der Waals surface area contributed by atoms with Crippen molar-refractivity contribution in [2.75, 3.05) is 13.2 Å². The lowest BCUT2D eigenvalue weighted by atomic mass is 9.91. The van der Waals surface area contributed by atoms with Crippen LogP contribution in [0.3, 0.4) is 0 Å². The average Bonchev–Trinajstić information content (AvgIpc) is 2.85. The van der Waals surface area contributed by atoms with Gasteiger partial charge in [-0.3, -0.25) is 4.79 Å². The Bertz CT molecular complexity index is 228. The van der Waals surface area contributed by atoms with E-state index in [0.717, 1.165) is 45.3 Å². The standard InChI is InChI=1S/C12H21NO2/c1-12(7-3-8-13-12)11(14)6-5-10-4-2-9-15-10/h10,13H,2-9H2,1H3. The lowest BCUT2D eigenvalue weighted by molar-refractivity contribution is -0.124. The highest BCUT2D eigenvalue weighted by Crippen LogP contribution is 2.24. The Morgan fingerprint density at radius 3 is 3.00 bits per heavy atom. The number of rotatable bonds is 4. The van der Waals surface area contributed by atoms with Crippen molar-refractivity contribution in [3.8, 4) is 0 Å². The van der Waals surface area contributed by atoms with Crippen molar-refractivity contribution in [2.45, 2.75) is 57.1 Å². The number of hydrogen-bond acceptors (Lipinski definition) is 3. The Hall–Kier alpha value is -0.410. The largest absolute Gasteiger partial charge is 0.378 e. The Labute approximate surface area is 91.6 Å². The summed E-state index contributed by atoms with van der Waals surface area (Å²) in [6.07, 6.45) is 6.36. The van der Waals surface area contributed by atoms with Gasteiger partial charge in [0.1, 0.15) is 0 Å². The van der Waals surface area contributed by atoms with E-state index < -0.39 is 0 Å². The van der Waals surface area contributed by atoms with Crippen LogP contribution in [0.15, 0.2) is 0 Å². The molecule has 86 valence electrons. The minimum atomic E-state index is -0.237. The smallest absolute Gasteiger partial charge is 0.152 e. The highest BCUT2D eigenvalue weighted by atomic mass is 16.5. The molecular weight excluding hydrogens is 190 g/mol. The number of nitrogens with one attached hydrogen (secondary N) is 1. The average molecular weight is 211 g/mol. The van der Waals surface area contributed by atoms with E-state index in [2.05, 4.69) is 5.32 Å². The van der Waals surface area contributed by atoms with Gasteiger partial charge in [0.25, 0.3) is 0 Å². The van der Waals surface area contributed by atoms with Crippen molar-refractivity contribution >= 4 is 5.78 Å².